The number of nitrogens with zero attached hydrogens (tertiary/aromatic N) is 2. The van der Waals surface area contributed by atoms with E-state index in [4.69, 9.17) is 4.74 Å². The molecule has 2 heterocycles. The zero-order valence-corrected chi connectivity index (χ0v) is 11.4. The van der Waals surface area contributed by atoms with Crippen LogP contribution in [0.1, 0.15) is 19.8 Å². The molecule has 1 aromatic heterocycles. The SMILES string of the molecule is CCNCC1CCCN(c2cccc(OC)n2)C1. The Kier molecular flexibility index (Phi) is 4.81. The monoisotopic (exact) mass is 249 g/mol. The first-order valence-corrected chi connectivity index (χ1v) is 6.80. The van der Waals surface area contributed by atoms with Crippen molar-refractivity contribution in [2.45, 2.75) is 19.8 Å². The minimum Gasteiger partial charge on any atom is -0.481 e. The molecule has 0 amide bonds. The summed E-state index contributed by atoms with van der Waals surface area (Å²) < 4.78 is 5.19. The molecule has 18 heavy (non-hydrogen) atoms. The van der Waals surface area contributed by atoms with Crippen LogP contribution in [0.4, 0.5) is 5.82 Å². The summed E-state index contributed by atoms with van der Waals surface area (Å²) in [6.45, 7) is 6.51. The van der Waals surface area contributed by atoms with Crippen molar-refractivity contribution in [3.63, 3.8) is 0 Å². The molecule has 1 aliphatic rings. The molecule has 0 radical (unpaired) electrons. The third-order valence-corrected chi connectivity index (χ3v) is 3.44. The Balaban J connectivity index is 1.98. The average Bonchev–Trinajstić information content (AvgIpc) is 2.45. The zero-order valence-electron chi connectivity index (χ0n) is 11.4. The molecule has 0 aliphatic carbocycles. The number of piperidine rings is 1. The summed E-state index contributed by atoms with van der Waals surface area (Å²) in [6, 6.07) is 5.97. The third kappa shape index (κ3) is 3.35. The van der Waals surface area contributed by atoms with Gasteiger partial charge in [0.1, 0.15) is 5.82 Å². The number of hydrogen-bond acceptors (Lipinski definition) is 4. The lowest BCUT2D eigenvalue weighted by atomic mass is 9.98. The highest BCUT2D eigenvalue weighted by atomic mass is 16.5. The van der Waals surface area contributed by atoms with E-state index in [0.29, 0.717) is 5.88 Å². The molecule has 0 bridgehead atoms. The summed E-state index contributed by atoms with van der Waals surface area (Å²) in [7, 11) is 1.66. The smallest absolute Gasteiger partial charge is 0.214 e. The lowest BCUT2D eigenvalue weighted by Gasteiger charge is -2.33. The van der Waals surface area contributed by atoms with Crippen molar-refractivity contribution in [2.75, 3.05) is 38.2 Å². The third-order valence-electron chi connectivity index (χ3n) is 3.44. The predicted octanol–water partition coefficient (Wildman–Crippen LogP) is 1.92. The first-order chi connectivity index (χ1) is 8.83. The summed E-state index contributed by atoms with van der Waals surface area (Å²) in [5.74, 6) is 2.46. The molecule has 100 valence electrons. The molecule has 2 rings (SSSR count). The number of nitrogens with one attached hydrogen (secondary N) is 1. The van der Waals surface area contributed by atoms with Crippen LogP contribution in [-0.2, 0) is 0 Å². The molecular formula is C14H23N3O. The Bertz CT molecular complexity index is 370. The Morgan fingerprint density at radius 2 is 2.39 bits per heavy atom. The van der Waals surface area contributed by atoms with Crippen LogP contribution in [0.5, 0.6) is 5.88 Å². The first-order valence-electron chi connectivity index (χ1n) is 6.80. The number of pyridine rings is 1. The number of ether oxygens (including phenoxy) is 1. The number of methoxy groups -OCH3 is 1. The number of hydrogen-bond donors (Lipinski definition) is 1. The largest absolute Gasteiger partial charge is 0.481 e. The molecule has 4 nitrogen and oxygen atoms in total. The van der Waals surface area contributed by atoms with Crippen LogP contribution in [-0.4, -0.2) is 38.3 Å². The Labute approximate surface area is 109 Å². The lowest BCUT2D eigenvalue weighted by molar-refractivity contribution is 0.385. The van der Waals surface area contributed by atoms with Gasteiger partial charge in [-0.2, -0.15) is 4.98 Å². The molecule has 1 saturated heterocycles. The van der Waals surface area contributed by atoms with Gasteiger partial charge in [0.15, 0.2) is 0 Å². The van der Waals surface area contributed by atoms with Crippen LogP contribution in [0.2, 0.25) is 0 Å². The molecule has 1 aromatic rings. The van der Waals surface area contributed by atoms with E-state index in [1.165, 1.54) is 12.8 Å². The summed E-state index contributed by atoms with van der Waals surface area (Å²) in [6.07, 6.45) is 2.56. The van der Waals surface area contributed by atoms with Gasteiger partial charge in [-0.3, -0.25) is 0 Å². The second-order valence-corrected chi connectivity index (χ2v) is 4.80. The Hall–Kier alpha value is -1.29. The van der Waals surface area contributed by atoms with E-state index < -0.39 is 0 Å². The number of aromatic nitrogens is 1. The molecule has 0 spiro atoms. The van der Waals surface area contributed by atoms with E-state index in [9.17, 15) is 0 Å². The van der Waals surface area contributed by atoms with Crippen LogP contribution in [0.25, 0.3) is 0 Å². The molecule has 1 N–H and O–H groups in total. The summed E-state index contributed by atoms with van der Waals surface area (Å²) in [5, 5.41) is 3.44. The van der Waals surface area contributed by atoms with E-state index in [1.54, 1.807) is 7.11 Å². The molecule has 1 fully saturated rings. The Morgan fingerprint density at radius 1 is 1.50 bits per heavy atom. The summed E-state index contributed by atoms with van der Waals surface area (Å²) in [5.41, 5.74) is 0. The van der Waals surface area contributed by atoms with Gasteiger partial charge in [0.05, 0.1) is 7.11 Å². The van der Waals surface area contributed by atoms with Crippen molar-refractivity contribution in [1.82, 2.24) is 10.3 Å². The topological polar surface area (TPSA) is 37.4 Å². The second kappa shape index (κ2) is 6.59. The summed E-state index contributed by atoms with van der Waals surface area (Å²) in [4.78, 5) is 6.88. The van der Waals surface area contributed by atoms with Crippen LogP contribution >= 0.6 is 0 Å². The minimum atomic E-state index is 0.696. The van der Waals surface area contributed by atoms with Gasteiger partial charge in [0, 0.05) is 19.2 Å². The van der Waals surface area contributed by atoms with Gasteiger partial charge in [-0.15, -0.1) is 0 Å². The van der Waals surface area contributed by atoms with Gasteiger partial charge < -0.3 is 15.0 Å². The standard InChI is InChI=1S/C14H23N3O/c1-3-15-10-12-6-5-9-17(11-12)13-7-4-8-14(16-13)18-2/h4,7-8,12,15H,3,5-6,9-11H2,1-2H3. The average molecular weight is 249 g/mol. The fourth-order valence-electron chi connectivity index (χ4n) is 2.48. The van der Waals surface area contributed by atoms with Crippen molar-refractivity contribution in [2.24, 2.45) is 5.92 Å². The van der Waals surface area contributed by atoms with Gasteiger partial charge in [-0.1, -0.05) is 13.0 Å². The lowest BCUT2D eigenvalue weighted by Crippen LogP contribution is -2.40. The van der Waals surface area contributed by atoms with Crippen LogP contribution in [0.15, 0.2) is 18.2 Å². The van der Waals surface area contributed by atoms with Gasteiger partial charge in [0.25, 0.3) is 0 Å². The normalized spacial score (nSPS) is 19.9. The fraction of sp³-hybridized carbons (Fsp3) is 0.643. The van der Waals surface area contributed by atoms with Crippen LogP contribution in [0.3, 0.4) is 0 Å². The number of anilines is 1. The van der Waals surface area contributed by atoms with E-state index >= 15 is 0 Å². The van der Waals surface area contributed by atoms with E-state index in [-0.39, 0.29) is 0 Å². The van der Waals surface area contributed by atoms with Crippen molar-refractivity contribution >= 4 is 5.82 Å². The minimum absolute atomic E-state index is 0.696. The van der Waals surface area contributed by atoms with E-state index in [1.807, 2.05) is 12.1 Å². The maximum absolute atomic E-state index is 5.19. The molecule has 0 aromatic carbocycles. The van der Waals surface area contributed by atoms with Gasteiger partial charge >= 0.3 is 0 Å². The molecule has 0 saturated carbocycles. The van der Waals surface area contributed by atoms with E-state index in [2.05, 4.69) is 28.2 Å². The van der Waals surface area contributed by atoms with E-state index in [0.717, 1.165) is 37.9 Å². The molecule has 1 atom stereocenters. The first kappa shape index (κ1) is 13.1. The van der Waals surface area contributed by atoms with Crippen molar-refractivity contribution < 1.29 is 4.74 Å². The van der Waals surface area contributed by atoms with Gasteiger partial charge in [-0.05, 0) is 37.9 Å². The Morgan fingerprint density at radius 3 is 3.17 bits per heavy atom. The van der Waals surface area contributed by atoms with Crippen molar-refractivity contribution in [3.05, 3.63) is 18.2 Å². The van der Waals surface area contributed by atoms with Crippen molar-refractivity contribution in [3.8, 4) is 5.88 Å². The molecular weight excluding hydrogens is 226 g/mol. The van der Waals surface area contributed by atoms with Crippen LogP contribution in [0, 0.1) is 5.92 Å². The maximum Gasteiger partial charge on any atom is 0.214 e. The molecule has 1 unspecified atom stereocenters. The van der Waals surface area contributed by atoms with Gasteiger partial charge in [-0.25, -0.2) is 0 Å². The molecule has 4 heteroatoms. The van der Waals surface area contributed by atoms with Crippen LogP contribution < -0.4 is 15.0 Å². The second-order valence-electron chi connectivity index (χ2n) is 4.80. The fourth-order valence-corrected chi connectivity index (χ4v) is 2.48. The summed E-state index contributed by atoms with van der Waals surface area (Å²) >= 11 is 0. The highest BCUT2D eigenvalue weighted by Gasteiger charge is 2.20. The quantitative estimate of drug-likeness (QED) is 0.865. The molecule has 1 aliphatic heterocycles. The highest BCUT2D eigenvalue weighted by molar-refractivity contribution is 5.41. The number of rotatable bonds is 5. The van der Waals surface area contributed by atoms with Crippen molar-refractivity contribution in [1.29, 1.82) is 0 Å². The highest BCUT2D eigenvalue weighted by Crippen LogP contribution is 2.22. The maximum atomic E-state index is 5.19. The zero-order chi connectivity index (χ0) is 12.8. The predicted molar refractivity (Wildman–Crippen MR) is 74.3 cm³/mol. The van der Waals surface area contributed by atoms with Gasteiger partial charge in [0.2, 0.25) is 5.88 Å².